The second-order valence-corrected chi connectivity index (χ2v) is 13.5. The van der Waals surface area contributed by atoms with E-state index in [2.05, 4.69) is 86.4 Å². The summed E-state index contributed by atoms with van der Waals surface area (Å²) in [6.45, 7) is 7.43. The van der Waals surface area contributed by atoms with Crippen LogP contribution in [-0.4, -0.2) is 49.4 Å². The van der Waals surface area contributed by atoms with E-state index in [9.17, 15) is 4.79 Å². The van der Waals surface area contributed by atoms with Crippen LogP contribution in [0, 0.1) is 0 Å². The van der Waals surface area contributed by atoms with Crippen molar-refractivity contribution in [1.29, 1.82) is 0 Å². The van der Waals surface area contributed by atoms with Crippen molar-refractivity contribution < 1.29 is 4.79 Å². The fourth-order valence-electron chi connectivity index (χ4n) is 5.65. The molecule has 0 aromatic rings. The molecule has 0 rings (SSSR count). The summed E-state index contributed by atoms with van der Waals surface area (Å²) in [5.74, 6) is 0.377. The molecule has 0 aliphatic rings. The Bertz CT molecular complexity index is 672. The first-order valence-electron chi connectivity index (χ1n) is 19.6. The van der Waals surface area contributed by atoms with Gasteiger partial charge in [0.25, 0.3) is 0 Å². The molecule has 0 saturated carbocycles. The number of hydrogen-bond donors (Lipinski definition) is 0. The Balaban J connectivity index is 3.97. The second kappa shape index (κ2) is 36.9. The van der Waals surface area contributed by atoms with Crippen LogP contribution in [0.2, 0.25) is 0 Å². The van der Waals surface area contributed by atoms with E-state index in [1.807, 2.05) is 0 Å². The quantitative estimate of drug-likeness (QED) is 0.0524. The lowest BCUT2D eigenvalue weighted by atomic mass is 10.1. The van der Waals surface area contributed by atoms with Gasteiger partial charge in [-0.3, -0.25) is 4.79 Å². The van der Waals surface area contributed by atoms with Gasteiger partial charge in [-0.15, -0.1) is 0 Å². The number of hydrogen-bond acceptors (Lipinski definition) is 2. The first kappa shape index (κ1) is 43.4. The van der Waals surface area contributed by atoms with Crippen LogP contribution in [0.15, 0.2) is 48.6 Å². The molecule has 0 aromatic carbocycles. The molecule has 0 bridgehead atoms. The highest BCUT2D eigenvalue weighted by Crippen LogP contribution is 2.12. The Hall–Kier alpha value is -1.61. The summed E-state index contributed by atoms with van der Waals surface area (Å²) in [4.78, 5) is 17.4. The lowest BCUT2D eigenvalue weighted by Crippen LogP contribution is -2.33. The standard InChI is InChI=1S/C42H78N2O/c1-5-7-9-11-13-15-17-19-21-23-25-27-29-31-33-35-40-44(42(45)38-37-39-43(3)4)41-36-34-32-30-28-26-24-22-20-18-16-14-12-10-8-6-2/h13-16,19-22H,5-12,17-18,23-41H2,1-4H3/b15-13-,16-14-,21-19-,22-20-. The largest absolute Gasteiger partial charge is 0.343 e. The molecule has 0 radical (unpaired) electrons. The van der Waals surface area contributed by atoms with Crippen LogP contribution in [0.1, 0.15) is 181 Å². The van der Waals surface area contributed by atoms with Gasteiger partial charge in [0.1, 0.15) is 0 Å². The summed E-state index contributed by atoms with van der Waals surface area (Å²) < 4.78 is 0. The average molecular weight is 627 g/mol. The third kappa shape index (κ3) is 35.1. The van der Waals surface area contributed by atoms with Crippen molar-refractivity contribution in [2.45, 2.75) is 181 Å². The Morgan fingerprint density at radius 3 is 1.16 bits per heavy atom. The van der Waals surface area contributed by atoms with E-state index in [-0.39, 0.29) is 0 Å². The number of nitrogens with zero attached hydrogens (tertiary/aromatic N) is 2. The minimum Gasteiger partial charge on any atom is -0.343 e. The summed E-state index contributed by atoms with van der Waals surface area (Å²) in [7, 11) is 4.19. The highest BCUT2D eigenvalue weighted by Gasteiger charge is 2.12. The van der Waals surface area contributed by atoms with Gasteiger partial charge < -0.3 is 9.80 Å². The van der Waals surface area contributed by atoms with Crippen LogP contribution >= 0.6 is 0 Å². The molecule has 0 spiro atoms. The SMILES string of the molecule is CCCCC/C=C\C/C=C\CCCCCCCCN(CCCCCCCC/C=C\C/C=C\CCCCC)C(=O)CCCN(C)C. The first-order chi connectivity index (χ1) is 22.1. The summed E-state index contributed by atoms with van der Waals surface area (Å²) in [6, 6.07) is 0. The molecule has 0 fully saturated rings. The highest BCUT2D eigenvalue weighted by atomic mass is 16.2. The highest BCUT2D eigenvalue weighted by molar-refractivity contribution is 5.76. The van der Waals surface area contributed by atoms with Crippen molar-refractivity contribution in [1.82, 2.24) is 9.80 Å². The number of rotatable bonds is 34. The van der Waals surface area contributed by atoms with Crippen LogP contribution in [0.3, 0.4) is 0 Å². The van der Waals surface area contributed by atoms with Crippen LogP contribution in [0.5, 0.6) is 0 Å². The molecular weight excluding hydrogens is 548 g/mol. The number of carbonyl (C=O) groups excluding carboxylic acids is 1. The minimum absolute atomic E-state index is 0.377. The average Bonchev–Trinajstić information content (AvgIpc) is 3.03. The molecule has 0 atom stereocenters. The Kier molecular flexibility index (Phi) is 35.5. The summed E-state index contributed by atoms with van der Waals surface area (Å²) >= 11 is 0. The zero-order valence-corrected chi connectivity index (χ0v) is 30.9. The van der Waals surface area contributed by atoms with Gasteiger partial charge in [-0.2, -0.15) is 0 Å². The van der Waals surface area contributed by atoms with Crippen molar-refractivity contribution in [3.05, 3.63) is 48.6 Å². The number of unbranched alkanes of at least 4 members (excludes halogenated alkanes) is 18. The van der Waals surface area contributed by atoms with E-state index in [4.69, 9.17) is 0 Å². The van der Waals surface area contributed by atoms with Crippen molar-refractivity contribution in [2.24, 2.45) is 0 Å². The molecule has 3 nitrogen and oxygen atoms in total. The van der Waals surface area contributed by atoms with Gasteiger partial charge in [0, 0.05) is 19.5 Å². The van der Waals surface area contributed by atoms with Gasteiger partial charge in [0.15, 0.2) is 0 Å². The van der Waals surface area contributed by atoms with E-state index < -0.39 is 0 Å². The zero-order valence-electron chi connectivity index (χ0n) is 30.9. The van der Waals surface area contributed by atoms with E-state index in [0.29, 0.717) is 12.3 Å². The zero-order chi connectivity index (χ0) is 32.9. The molecule has 1 amide bonds. The molecule has 262 valence electrons. The second-order valence-electron chi connectivity index (χ2n) is 13.5. The van der Waals surface area contributed by atoms with Gasteiger partial charge in [-0.25, -0.2) is 0 Å². The Morgan fingerprint density at radius 2 is 0.778 bits per heavy atom. The van der Waals surface area contributed by atoms with Crippen molar-refractivity contribution in [3.63, 3.8) is 0 Å². The minimum atomic E-state index is 0.377. The van der Waals surface area contributed by atoms with Gasteiger partial charge in [-0.05, 0) is 104 Å². The van der Waals surface area contributed by atoms with E-state index in [1.54, 1.807) is 0 Å². The maximum absolute atomic E-state index is 13.0. The maximum Gasteiger partial charge on any atom is 0.222 e. The molecule has 0 unspecified atom stereocenters. The van der Waals surface area contributed by atoms with Crippen LogP contribution in [-0.2, 0) is 4.79 Å². The molecule has 0 N–H and O–H groups in total. The first-order valence-corrected chi connectivity index (χ1v) is 19.6. The molecule has 0 aromatic heterocycles. The monoisotopic (exact) mass is 627 g/mol. The summed E-state index contributed by atoms with van der Waals surface area (Å²) in [5, 5.41) is 0. The molecule has 0 aliphatic carbocycles. The van der Waals surface area contributed by atoms with Crippen molar-refractivity contribution in [3.8, 4) is 0 Å². The van der Waals surface area contributed by atoms with Gasteiger partial charge in [-0.1, -0.05) is 140 Å². The third-order valence-corrected chi connectivity index (χ3v) is 8.61. The van der Waals surface area contributed by atoms with Gasteiger partial charge in [0.2, 0.25) is 5.91 Å². The smallest absolute Gasteiger partial charge is 0.222 e. The van der Waals surface area contributed by atoms with Crippen LogP contribution in [0.4, 0.5) is 0 Å². The fraction of sp³-hybridized carbons (Fsp3) is 0.786. The maximum atomic E-state index is 13.0. The molecule has 0 saturated heterocycles. The Morgan fingerprint density at radius 1 is 0.422 bits per heavy atom. The number of allylic oxidation sites excluding steroid dienone is 8. The third-order valence-electron chi connectivity index (χ3n) is 8.61. The lowest BCUT2D eigenvalue weighted by Gasteiger charge is -2.23. The molecule has 0 heterocycles. The normalized spacial score (nSPS) is 12.3. The van der Waals surface area contributed by atoms with Gasteiger partial charge in [0.05, 0.1) is 0 Å². The predicted octanol–water partition coefficient (Wildman–Crippen LogP) is 12.8. The molecule has 0 aliphatic heterocycles. The van der Waals surface area contributed by atoms with Crippen molar-refractivity contribution in [2.75, 3.05) is 33.7 Å². The predicted molar refractivity (Wildman–Crippen MR) is 203 cm³/mol. The Labute approximate surface area is 283 Å². The number of amides is 1. The van der Waals surface area contributed by atoms with Crippen LogP contribution < -0.4 is 0 Å². The number of carbonyl (C=O) groups is 1. The molecular formula is C42H78N2O. The summed E-state index contributed by atoms with van der Waals surface area (Å²) in [6.07, 6.45) is 50.8. The molecule has 3 heteroatoms. The fourth-order valence-corrected chi connectivity index (χ4v) is 5.65. The lowest BCUT2D eigenvalue weighted by molar-refractivity contribution is -0.131. The van der Waals surface area contributed by atoms with E-state index >= 15 is 0 Å². The van der Waals surface area contributed by atoms with E-state index in [1.165, 1.54) is 128 Å². The molecule has 45 heavy (non-hydrogen) atoms. The van der Waals surface area contributed by atoms with E-state index in [0.717, 1.165) is 51.7 Å². The topological polar surface area (TPSA) is 23.6 Å². The van der Waals surface area contributed by atoms with Crippen LogP contribution in [0.25, 0.3) is 0 Å². The van der Waals surface area contributed by atoms with Gasteiger partial charge >= 0.3 is 0 Å². The summed E-state index contributed by atoms with van der Waals surface area (Å²) in [5.41, 5.74) is 0. The van der Waals surface area contributed by atoms with Crippen molar-refractivity contribution >= 4 is 5.91 Å².